The van der Waals surface area contributed by atoms with Gasteiger partial charge in [0.05, 0.1) is 0 Å². The summed E-state index contributed by atoms with van der Waals surface area (Å²) in [6.45, 7) is 5.45. The average Bonchev–Trinajstić information content (AvgIpc) is 2.41. The molecule has 0 saturated heterocycles. The molecule has 100 valence electrons. The highest BCUT2D eigenvalue weighted by Crippen LogP contribution is 2.26. The first-order valence-corrected chi connectivity index (χ1v) is 7.96. The van der Waals surface area contributed by atoms with Gasteiger partial charge in [-0.25, -0.2) is 0 Å². The Morgan fingerprint density at radius 1 is 1.22 bits per heavy atom. The molecule has 0 aliphatic heterocycles. The zero-order valence-corrected chi connectivity index (χ0v) is 13.1. The van der Waals surface area contributed by atoms with E-state index in [-0.39, 0.29) is 0 Å². The van der Waals surface area contributed by atoms with Crippen LogP contribution in [0, 0.1) is 12.8 Å². The van der Waals surface area contributed by atoms with Crippen molar-refractivity contribution in [3.63, 3.8) is 0 Å². The summed E-state index contributed by atoms with van der Waals surface area (Å²) in [6.07, 6.45) is 6.88. The Kier molecular flexibility index (Phi) is 5.25. The van der Waals surface area contributed by atoms with Gasteiger partial charge in [-0.15, -0.1) is 0 Å². The van der Waals surface area contributed by atoms with E-state index in [4.69, 9.17) is 0 Å². The highest BCUT2D eigenvalue weighted by Gasteiger charge is 2.19. The van der Waals surface area contributed by atoms with Gasteiger partial charge in [0.15, 0.2) is 0 Å². The number of hydrogen-bond acceptors (Lipinski definition) is 1. The van der Waals surface area contributed by atoms with Crippen molar-refractivity contribution in [3.8, 4) is 0 Å². The van der Waals surface area contributed by atoms with Crippen LogP contribution in [0.4, 0.5) is 0 Å². The van der Waals surface area contributed by atoms with E-state index in [2.05, 4.69) is 53.3 Å². The number of nitrogens with one attached hydrogen (secondary N) is 1. The Labute approximate surface area is 119 Å². The smallest absolute Gasteiger partial charge is 0.0208 e. The zero-order chi connectivity index (χ0) is 13.0. The number of benzene rings is 1. The number of rotatable bonds is 4. The molecule has 0 amide bonds. The summed E-state index contributed by atoms with van der Waals surface area (Å²) in [4.78, 5) is 0. The summed E-state index contributed by atoms with van der Waals surface area (Å²) < 4.78 is 1.22. The third-order valence-electron chi connectivity index (χ3n) is 4.26. The maximum Gasteiger partial charge on any atom is 0.0208 e. The second kappa shape index (κ2) is 6.72. The van der Waals surface area contributed by atoms with E-state index < -0.39 is 0 Å². The van der Waals surface area contributed by atoms with E-state index in [0.717, 1.165) is 18.5 Å². The molecule has 0 aromatic heterocycles. The van der Waals surface area contributed by atoms with Crippen molar-refractivity contribution >= 4 is 15.9 Å². The molecular weight excluding hydrogens is 286 g/mol. The van der Waals surface area contributed by atoms with Crippen molar-refractivity contribution in [3.05, 3.63) is 33.8 Å². The average molecular weight is 310 g/mol. The van der Waals surface area contributed by atoms with Crippen molar-refractivity contribution in [2.45, 2.75) is 58.5 Å². The molecule has 0 radical (unpaired) electrons. The maximum atomic E-state index is 3.71. The van der Waals surface area contributed by atoms with Gasteiger partial charge in [0.25, 0.3) is 0 Å². The lowest BCUT2D eigenvalue weighted by atomic mass is 9.84. The van der Waals surface area contributed by atoms with Crippen LogP contribution < -0.4 is 5.32 Å². The van der Waals surface area contributed by atoms with E-state index in [0.29, 0.717) is 0 Å². The van der Waals surface area contributed by atoms with Crippen LogP contribution in [0.3, 0.4) is 0 Å². The lowest BCUT2D eigenvalue weighted by Crippen LogP contribution is -2.32. The van der Waals surface area contributed by atoms with E-state index in [9.17, 15) is 0 Å². The van der Waals surface area contributed by atoms with E-state index in [1.54, 1.807) is 0 Å². The van der Waals surface area contributed by atoms with E-state index in [1.165, 1.54) is 47.7 Å². The SMILES string of the molecule is CCC1CCC(NCc2ccc(C)c(Br)c2)CC1. The molecule has 1 aliphatic rings. The molecule has 1 fully saturated rings. The highest BCUT2D eigenvalue weighted by atomic mass is 79.9. The fourth-order valence-electron chi connectivity index (χ4n) is 2.78. The topological polar surface area (TPSA) is 12.0 Å². The minimum Gasteiger partial charge on any atom is -0.310 e. The van der Waals surface area contributed by atoms with Crippen LogP contribution in [-0.2, 0) is 6.54 Å². The Morgan fingerprint density at radius 2 is 1.94 bits per heavy atom. The van der Waals surface area contributed by atoms with Crippen molar-refractivity contribution in [2.24, 2.45) is 5.92 Å². The molecule has 18 heavy (non-hydrogen) atoms. The molecule has 1 nitrogen and oxygen atoms in total. The lowest BCUT2D eigenvalue weighted by molar-refractivity contribution is 0.285. The lowest BCUT2D eigenvalue weighted by Gasteiger charge is -2.28. The predicted molar refractivity (Wildman–Crippen MR) is 81.8 cm³/mol. The first kappa shape index (κ1) is 14.1. The molecule has 1 aromatic carbocycles. The molecule has 2 heteroatoms. The summed E-state index contributed by atoms with van der Waals surface area (Å²) in [5, 5.41) is 3.71. The van der Waals surface area contributed by atoms with Gasteiger partial charge in [-0.1, -0.05) is 41.4 Å². The van der Waals surface area contributed by atoms with Gasteiger partial charge in [-0.05, 0) is 55.7 Å². The molecule has 0 unspecified atom stereocenters. The standard InChI is InChI=1S/C16H24BrN/c1-3-13-6-8-15(9-7-13)18-11-14-5-4-12(2)16(17)10-14/h4-5,10,13,15,18H,3,6-9,11H2,1-2H3. The van der Waals surface area contributed by atoms with Crippen LogP contribution in [0.25, 0.3) is 0 Å². The van der Waals surface area contributed by atoms with Gasteiger partial charge < -0.3 is 5.32 Å². The van der Waals surface area contributed by atoms with Gasteiger partial charge in [-0.2, -0.15) is 0 Å². The molecule has 0 heterocycles. The molecule has 1 aromatic rings. The number of aryl methyl sites for hydroxylation is 1. The molecule has 0 bridgehead atoms. The summed E-state index contributed by atoms with van der Waals surface area (Å²) in [7, 11) is 0. The Morgan fingerprint density at radius 3 is 2.56 bits per heavy atom. The monoisotopic (exact) mass is 309 g/mol. The van der Waals surface area contributed by atoms with Crippen LogP contribution in [-0.4, -0.2) is 6.04 Å². The summed E-state index contributed by atoms with van der Waals surface area (Å²) >= 11 is 3.60. The van der Waals surface area contributed by atoms with Gasteiger partial charge in [0.2, 0.25) is 0 Å². The molecule has 0 atom stereocenters. The van der Waals surface area contributed by atoms with Gasteiger partial charge in [0.1, 0.15) is 0 Å². The summed E-state index contributed by atoms with van der Waals surface area (Å²) in [6, 6.07) is 7.38. The van der Waals surface area contributed by atoms with Crippen molar-refractivity contribution in [1.82, 2.24) is 5.32 Å². The Balaban J connectivity index is 1.79. The first-order valence-electron chi connectivity index (χ1n) is 7.17. The second-order valence-corrected chi connectivity index (χ2v) is 6.44. The molecule has 1 aliphatic carbocycles. The quantitative estimate of drug-likeness (QED) is 0.841. The fourth-order valence-corrected chi connectivity index (χ4v) is 3.21. The predicted octanol–water partition coefficient (Wildman–Crippen LogP) is 4.82. The molecule has 2 rings (SSSR count). The second-order valence-electron chi connectivity index (χ2n) is 5.59. The maximum absolute atomic E-state index is 3.71. The number of halogens is 1. The first-order chi connectivity index (χ1) is 8.69. The minimum atomic E-state index is 0.730. The van der Waals surface area contributed by atoms with Crippen LogP contribution in [0.15, 0.2) is 22.7 Å². The summed E-state index contributed by atoms with van der Waals surface area (Å²) in [5.74, 6) is 0.983. The van der Waals surface area contributed by atoms with Gasteiger partial charge >= 0.3 is 0 Å². The van der Waals surface area contributed by atoms with Gasteiger partial charge in [-0.3, -0.25) is 0 Å². The normalized spacial score (nSPS) is 24.2. The zero-order valence-electron chi connectivity index (χ0n) is 11.5. The highest BCUT2D eigenvalue weighted by molar-refractivity contribution is 9.10. The van der Waals surface area contributed by atoms with Crippen LogP contribution in [0.1, 0.15) is 50.2 Å². The third kappa shape index (κ3) is 3.83. The van der Waals surface area contributed by atoms with Crippen molar-refractivity contribution in [1.29, 1.82) is 0 Å². The van der Waals surface area contributed by atoms with Crippen LogP contribution in [0.5, 0.6) is 0 Å². The molecule has 1 N–H and O–H groups in total. The van der Waals surface area contributed by atoms with Crippen molar-refractivity contribution in [2.75, 3.05) is 0 Å². The minimum absolute atomic E-state index is 0.730. The van der Waals surface area contributed by atoms with Crippen LogP contribution in [0.2, 0.25) is 0 Å². The third-order valence-corrected chi connectivity index (χ3v) is 5.11. The molecule has 1 saturated carbocycles. The number of hydrogen-bond donors (Lipinski definition) is 1. The van der Waals surface area contributed by atoms with E-state index in [1.807, 2.05) is 0 Å². The fraction of sp³-hybridized carbons (Fsp3) is 0.625. The van der Waals surface area contributed by atoms with Crippen LogP contribution >= 0.6 is 15.9 Å². The van der Waals surface area contributed by atoms with Gasteiger partial charge in [0, 0.05) is 17.1 Å². The van der Waals surface area contributed by atoms with E-state index >= 15 is 0 Å². The molecule has 0 spiro atoms. The molecular formula is C16H24BrN. The summed E-state index contributed by atoms with van der Waals surface area (Å²) in [5.41, 5.74) is 2.69. The largest absolute Gasteiger partial charge is 0.310 e. The van der Waals surface area contributed by atoms with Crippen molar-refractivity contribution < 1.29 is 0 Å². The Hall–Kier alpha value is -0.340. The Bertz CT molecular complexity index is 381.